The molecule has 0 spiro atoms. The molecule has 0 bridgehead atoms. The van der Waals surface area contributed by atoms with E-state index < -0.39 is 5.60 Å². The van der Waals surface area contributed by atoms with Crippen LogP contribution in [0.15, 0.2) is 0 Å². The molecule has 0 aromatic heterocycles. The summed E-state index contributed by atoms with van der Waals surface area (Å²) >= 11 is 0. The average Bonchev–Trinajstić information content (AvgIpc) is 2.05. The Kier molecular flexibility index (Phi) is 8.51. The molecule has 0 aliphatic rings. The predicted octanol–water partition coefficient (Wildman–Crippen LogP) is 5.48. The van der Waals surface area contributed by atoms with Crippen LogP contribution in [-0.2, 0) is 4.74 Å². The minimum Gasteiger partial charge on any atom is -0.444 e. The molecule has 0 N–H and O–H groups in total. The van der Waals surface area contributed by atoms with Gasteiger partial charge in [-0.1, -0.05) is 34.6 Å². The second-order valence-corrected chi connectivity index (χ2v) is 8.80. The van der Waals surface area contributed by atoms with Crippen LogP contribution in [0.1, 0.15) is 82.6 Å². The van der Waals surface area contributed by atoms with Crippen LogP contribution in [0.25, 0.3) is 0 Å². The second-order valence-electron chi connectivity index (χ2n) is 8.80. The van der Waals surface area contributed by atoms with E-state index in [1.54, 1.807) is 4.90 Å². The molecule has 20 heavy (non-hydrogen) atoms. The van der Waals surface area contributed by atoms with Gasteiger partial charge in [-0.15, -0.1) is 0 Å². The molecule has 0 saturated heterocycles. The summed E-state index contributed by atoms with van der Waals surface area (Å²) in [6, 6.07) is 0. The van der Waals surface area contributed by atoms with E-state index in [-0.39, 0.29) is 11.6 Å². The van der Waals surface area contributed by atoms with Gasteiger partial charge in [0.2, 0.25) is 0 Å². The molecule has 3 heteroatoms. The highest BCUT2D eigenvalue weighted by Crippen LogP contribution is 2.18. The molecule has 0 radical (unpaired) electrons. The third-order valence-electron chi connectivity index (χ3n) is 1.87. The van der Waals surface area contributed by atoms with Crippen molar-refractivity contribution in [3.8, 4) is 0 Å². The summed E-state index contributed by atoms with van der Waals surface area (Å²) in [5, 5.41) is 0. The SMILES string of the molecule is CC(C)(C)C.CCCN(C(=O)OC(C)(C)C)C(C)(C)C. The van der Waals surface area contributed by atoms with E-state index >= 15 is 0 Å². The molecule has 0 heterocycles. The fraction of sp³-hybridized carbons (Fsp3) is 0.941. The lowest BCUT2D eigenvalue weighted by Crippen LogP contribution is -2.48. The normalized spacial score (nSPS) is 12.3. The van der Waals surface area contributed by atoms with Crippen LogP contribution in [0.2, 0.25) is 0 Å². The molecular formula is C17H37NO2. The topological polar surface area (TPSA) is 29.5 Å². The first-order valence-electron chi connectivity index (χ1n) is 7.58. The van der Waals surface area contributed by atoms with Gasteiger partial charge in [0.05, 0.1) is 0 Å². The molecule has 0 atom stereocenters. The van der Waals surface area contributed by atoms with Crippen molar-refractivity contribution >= 4 is 6.09 Å². The van der Waals surface area contributed by atoms with Crippen molar-refractivity contribution in [1.82, 2.24) is 4.90 Å². The largest absolute Gasteiger partial charge is 0.444 e. The Bertz CT molecular complexity index is 271. The Labute approximate surface area is 127 Å². The summed E-state index contributed by atoms with van der Waals surface area (Å²) in [7, 11) is 0. The Morgan fingerprint density at radius 3 is 1.45 bits per heavy atom. The lowest BCUT2D eigenvalue weighted by atomic mass is 10.0. The standard InChI is InChI=1S/C12H25NO2.C5H12/c1-8-9-13(11(2,3)4)10(14)15-12(5,6)7;1-5(2,3)4/h8-9H2,1-7H3;1-4H3. The summed E-state index contributed by atoms with van der Waals surface area (Å²) in [6.45, 7) is 23.3. The number of carbonyl (C=O) groups is 1. The third kappa shape index (κ3) is 15.3. The van der Waals surface area contributed by atoms with Gasteiger partial charge in [-0.3, -0.25) is 0 Å². The van der Waals surface area contributed by atoms with Crippen molar-refractivity contribution in [3.63, 3.8) is 0 Å². The number of carbonyl (C=O) groups excluding carboxylic acids is 1. The van der Waals surface area contributed by atoms with E-state index in [0.29, 0.717) is 5.41 Å². The van der Waals surface area contributed by atoms with Gasteiger partial charge < -0.3 is 9.64 Å². The maximum atomic E-state index is 11.9. The Balaban J connectivity index is 0. The highest BCUT2D eigenvalue weighted by molar-refractivity contribution is 5.69. The fourth-order valence-corrected chi connectivity index (χ4v) is 1.24. The van der Waals surface area contributed by atoms with Gasteiger partial charge in [0, 0.05) is 12.1 Å². The maximum Gasteiger partial charge on any atom is 0.410 e. The van der Waals surface area contributed by atoms with Crippen molar-refractivity contribution in [2.24, 2.45) is 5.41 Å². The number of amides is 1. The van der Waals surface area contributed by atoms with Crippen molar-refractivity contribution in [1.29, 1.82) is 0 Å². The van der Waals surface area contributed by atoms with Gasteiger partial charge in [-0.2, -0.15) is 0 Å². The van der Waals surface area contributed by atoms with E-state index in [9.17, 15) is 4.79 Å². The van der Waals surface area contributed by atoms with Gasteiger partial charge in [-0.25, -0.2) is 4.79 Å². The minimum absolute atomic E-state index is 0.182. The molecule has 0 aromatic rings. The Morgan fingerprint density at radius 2 is 1.25 bits per heavy atom. The van der Waals surface area contributed by atoms with Crippen LogP contribution in [0.5, 0.6) is 0 Å². The van der Waals surface area contributed by atoms with E-state index in [0.717, 1.165) is 13.0 Å². The third-order valence-corrected chi connectivity index (χ3v) is 1.87. The van der Waals surface area contributed by atoms with Crippen LogP contribution in [0.3, 0.4) is 0 Å². The summed E-state index contributed by atoms with van der Waals surface area (Å²) in [6.07, 6.45) is 0.716. The van der Waals surface area contributed by atoms with Crippen molar-refractivity contribution in [2.75, 3.05) is 6.54 Å². The molecule has 0 unspecified atom stereocenters. The van der Waals surface area contributed by atoms with Crippen molar-refractivity contribution in [2.45, 2.75) is 93.7 Å². The van der Waals surface area contributed by atoms with E-state index in [4.69, 9.17) is 4.74 Å². The molecule has 122 valence electrons. The monoisotopic (exact) mass is 287 g/mol. The number of hydrogen-bond acceptors (Lipinski definition) is 2. The number of rotatable bonds is 2. The molecule has 0 aliphatic heterocycles. The lowest BCUT2D eigenvalue weighted by Gasteiger charge is -2.36. The zero-order chi connectivity index (χ0) is 16.8. The van der Waals surface area contributed by atoms with Crippen LogP contribution >= 0.6 is 0 Å². The molecule has 1 amide bonds. The highest BCUT2D eigenvalue weighted by Gasteiger charge is 2.29. The first kappa shape index (κ1) is 21.6. The van der Waals surface area contributed by atoms with E-state index in [1.807, 2.05) is 41.5 Å². The minimum atomic E-state index is -0.422. The fourth-order valence-electron chi connectivity index (χ4n) is 1.24. The zero-order valence-electron chi connectivity index (χ0n) is 15.7. The van der Waals surface area contributed by atoms with E-state index in [1.165, 1.54) is 0 Å². The highest BCUT2D eigenvalue weighted by atomic mass is 16.6. The second kappa shape index (κ2) is 7.90. The van der Waals surface area contributed by atoms with E-state index in [2.05, 4.69) is 34.6 Å². The first-order chi connectivity index (χ1) is 8.58. The number of nitrogens with zero attached hydrogens (tertiary/aromatic N) is 1. The molecule has 0 saturated carbocycles. The molecule has 0 fully saturated rings. The molecular weight excluding hydrogens is 250 g/mol. The van der Waals surface area contributed by atoms with Gasteiger partial charge in [-0.05, 0) is 53.4 Å². The van der Waals surface area contributed by atoms with Crippen LogP contribution in [0, 0.1) is 5.41 Å². The van der Waals surface area contributed by atoms with Gasteiger partial charge in [0.25, 0.3) is 0 Å². The van der Waals surface area contributed by atoms with Crippen LogP contribution in [-0.4, -0.2) is 28.7 Å². The number of ether oxygens (including phenoxy) is 1. The molecule has 0 aliphatic carbocycles. The van der Waals surface area contributed by atoms with Crippen molar-refractivity contribution in [3.05, 3.63) is 0 Å². The summed E-state index contributed by atoms with van der Waals surface area (Å²) < 4.78 is 5.37. The zero-order valence-corrected chi connectivity index (χ0v) is 15.7. The predicted molar refractivity (Wildman–Crippen MR) is 88.1 cm³/mol. The number of hydrogen-bond donors (Lipinski definition) is 0. The Hall–Kier alpha value is -0.730. The molecule has 3 nitrogen and oxygen atoms in total. The molecule has 0 aromatic carbocycles. The maximum absolute atomic E-state index is 11.9. The summed E-state index contributed by atoms with van der Waals surface area (Å²) in [4.78, 5) is 13.7. The van der Waals surface area contributed by atoms with Crippen LogP contribution < -0.4 is 0 Å². The van der Waals surface area contributed by atoms with Crippen LogP contribution in [0.4, 0.5) is 4.79 Å². The summed E-state index contributed by atoms with van der Waals surface area (Å²) in [5.74, 6) is 0. The molecule has 0 rings (SSSR count). The van der Waals surface area contributed by atoms with Crippen molar-refractivity contribution < 1.29 is 9.53 Å². The average molecular weight is 287 g/mol. The van der Waals surface area contributed by atoms with Gasteiger partial charge in [0.1, 0.15) is 5.60 Å². The summed E-state index contributed by atoms with van der Waals surface area (Å²) in [5.41, 5.74) is -0.104. The smallest absolute Gasteiger partial charge is 0.410 e. The lowest BCUT2D eigenvalue weighted by molar-refractivity contribution is 0.00634. The van der Waals surface area contributed by atoms with Gasteiger partial charge in [0.15, 0.2) is 0 Å². The quantitative estimate of drug-likeness (QED) is 0.672. The van der Waals surface area contributed by atoms with Gasteiger partial charge >= 0.3 is 6.09 Å². The first-order valence-corrected chi connectivity index (χ1v) is 7.58. The Morgan fingerprint density at radius 1 is 0.900 bits per heavy atom.